The Morgan fingerprint density at radius 1 is 0.867 bits per heavy atom. The Morgan fingerprint density at radius 2 is 1.67 bits per heavy atom. The molecule has 0 spiro atoms. The van der Waals surface area contributed by atoms with Crippen molar-refractivity contribution in [1.82, 2.24) is 9.97 Å². The van der Waals surface area contributed by atoms with Gasteiger partial charge in [0.25, 0.3) is 5.91 Å². The molecule has 0 fully saturated rings. The predicted molar refractivity (Wildman–Crippen MR) is 117 cm³/mol. The molecule has 0 atom stereocenters. The van der Waals surface area contributed by atoms with Gasteiger partial charge in [-0.15, -0.1) is 0 Å². The van der Waals surface area contributed by atoms with Gasteiger partial charge in [-0.05, 0) is 49.4 Å². The zero-order valence-electron chi connectivity index (χ0n) is 17.0. The first kappa shape index (κ1) is 19.4. The normalized spacial score (nSPS) is 10.6. The SMILES string of the molecule is COc1ccc(-c2cc(C(=O)Nc3cccc(C)n3)c3ccccc3n2)cc1OC. The smallest absolute Gasteiger partial charge is 0.257 e. The molecule has 0 aliphatic carbocycles. The van der Waals surface area contributed by atoms with E-state index in [2.05, 4.69) is 10.3 Å². The summed E-state index contributed by atoms with van der Waals surface area (Å²) in [5, 5.41) is 3.66. The molecule has 0 unspecified atom stereocenters. The highest BCUT2D eigenvalue weighted by molar-refractivity contribution is 6.12. The lowest BCUT2D eigenvalue weighted by Gasteiger charge is -2.12. The molecule has 1 amide bonds. The number of aryl methyl sites for hydroxylation is 1. The molecule has 0 saturated carbocycles. The minimum absolute atomic E-state index is 0.242. The van der Waals surface area contributed by atoms with Crippen LogP contribution in [-0.4, -0.2) is 30.1 Å². The van der Waals surface area contributed by atoms with Gasteiger partial charge in [0, 0.05) is 16.6 Å². The number of hydrogen-bond acceptors (Lipinski definition) is 5. The number of benzene rings is 2. The standard InChI is InChI=1S/C24H21N3O3/c1-15-7-6-10-23(25-15)27-24(28)18-14-20(26-19-9-5-4-8-17(18)19)16-11-12-21(29-2)22(13-16)30-3/h4-14H,1-3H3,(H,25,27,28). The van der Waals surface area contributed by atoms with E-state index in [1.807, 2.05) is 61.5 Å². The number of rotatable bonds is 5. The summed E-state index contributed by atoms with van der Waals surface area (Å²) in [7, 11) is 3.18. The number of carbonyl (C=O) groups is 1. The van der Waals surface area contributed by atoms with Gasteiger partial charge in [-0.1, -0.05) is 24.3 Å². The Kier molecular flexibility index (Phi) is 5.30. The molecule has 0 aliphatic rings. The Bertz CT molecular complexity index is 1240. The summed E-state index contributed by atoms with van der Waals surface area (Å²) in [6.07, 6.45) is 0. The lowest BCUT2D eigenvalue weighted by atomic mass is 10.0. The molecular formula is C24H21N3O3. The molecule has 4 aromatic rings. The number of para-hydroxylation sites is 1. The van der Waals surface area contributed by atoms with E-state index in [0.29, 0.717) is 28.6 Å². The lowest BCUT2D eigenvalue weighted by molar-refractivity contribution is 0.102. The number of nitrogens with one attached hydrogen (secondary N) is 1. The van der Waals surface area contributed by atoms with Gasteiger partial charge in [-0.3, -0.25) is 4.79 Å². The summed E-state index contributed by atoms with van der Waals surface area (Å²) in [6.45, 7) is 1.88. The second kappa shape index (κ2) is 8.21. The van der Waals surface area contributed by atoms with Crippen molar-refractivity contribution in [3.63, 3.8) is 0 Å². The zero-order valence-corrected chi connectivity index (χ0v) is 17.0. The average molecular weight is 399 g/mol. The number of carbonyl (C=O) groups excluding carboxylic acids is 1. The molecule has 2 aromatic carbocycles. The van der Waals surface area contributed by atoms with Gasteiger partial charge >= 0.3 is 0 Å². The second-order valence-electron chi connectivity index (χ2n) is 6.76. The number of methoxy groups -OCH3 is 2. The Hall–Kier alpha value is -3.93. The van der Waals surface area contributed by atoms with Crippen LogP contribution in [0.4, 0.5) is 5.82 Å². The Morgan fingerprint density at radius 3 is 2.43 bits per heavy atom. The van der Waals surface area contributed by atoms with Gasteiger partial charge in [0.1, 0.15) is 5.82 Å². The van der Waals surface area contributed by atoms with Crippen LogP contribution >= 0.6 is 0 Å². The van der Waals surface area contributed by atoms with Gasteiger partial charge in [0.05, 0.1) is 31.0 Å². The van der Waals surface area contributed by atoms with Gasteiger partial charge in [-0.2, -0.15) is 0 Å². The van der Waals surface area contributed by atoms with E-state index in [0.717, 1.165) is 22.2 Å². The highest BCUT2D eigenvalue weighted by Gasteiger charge is 2.16. The molecule has 2 heterocycles. The topological polar surface area (TPSA) is 73.3 Å². The first-order valence-corrected chi connectivity index (χ1v) is 9.46. The minimum atomic E-state index is -0.242. The van der Waals surface area contributed by atoms with Crippen LogP contribution in [0.5, 0.6) is 11.5 Å². The quantitative estimate of drug-likeness (QED) is 0.518. The van der Waals surface area contributed by atoms with E-state index in [-0.39, 0.29) is 5.91 Å². The van der Waals surface area contributed by atoms with E-state index in [4.69, 9.17) is 14.5 Å². The molecule has 0 saturated heterocycles. The minimum Gasteiger partial charge on any atom is -0.493 e. The van der Waals surface area contributed by atoms with Crippen molar-refractivity contribution in [2.24, 2.45) is 0 Å². The van der Waals surface area contributed by atoms with E-state index in [1.165, 1.54) is 0 Å². The third kappa shape index (κ3) is 3.80. The van der Waals surface area contributed by atoms with Crippen molar-refractivity contribution in [3.8, 4) is 22.8 Å². The highest BCUT2D eigenvalue weighted by Crippen LogP contribution is 2.33. The third-order valence-corrected chi connectivity index (χ3v) is 4.77. The van der Waals surface area contributed by atoms with Crippen LogP contribution in [0, 0.1) is 6.92 Å². The van der Waals surface area contributed by atoms with Crippen LogP contribution in [0.1, 0.15) is 16.1 Å². The van der Waals surface area contributed by atoms with Crippen molar-refractivity contribution in [2.75, 3.05) is 19.5 Å². The number of nitrogens with zero attached hydrogens (tertiary/aromatic N) is 2. The predicted octanol–water partition coefficient (Wildman–Crippen LogP) is 4.87. The van der Waals surface area contributed by atoms with Gasteiger partial charge < -0.3 is 14.8 Å². The largest absolute Gasteiger partial charge is 0.493 e. The first-order chi connectivity index (χ1) is 14.6. The zero-order chi connectivity index (χ0) is 21.1. The van der Waals surface area contributed by atoms with E-state index in [9.17, 15) is 4.79 Å². The van der Waals surface area contributed by atoms with Gasteiger partial charge in [-0.25, -0.2) is 9.97 Å². The lowest BCUT2D eigenvalue weighted by Crippen LogP contribution is -2.14. The molecular weight excluding hydrogens is 378 g/mol. The molecule has 0 radical (unpaired) electrons. The maximum Gasteiger partial charge on any atom is 0.257 e. The fourth-order valence-corrected chi connectivity index (χ4v) is 3.30. The van der Waals surface area contributed by atoms with Crippen LogP contribution in [0.25, 0.3) is 22.2 Å². The van der Waals surface area contributed by atoms with Crippen molar-refractivity contribution in [1.29, 1.82) is 0 Å². The molecule has 2 aromatic heterocycles. The highest BCUT2D eigenvalue weighted by atomic mass is 16.5. The number of amides is 1. The van der Waals surface area contributed by atoms with Crippen LogP contribution < -0.4 is 14.8 Å². The van der Waals surface area contributed by atoms with E-state index >= 15 is 0 Å². The summed E-state index contributed by atoms with van der Waals surface area (Å²) >= 11 is 0. The summed E-state index contributed by atoms with van der Waals surface area (Å²) in [6, 6.07) is 20.4. The molecule has 1 N–H and O–H groups in total. The fourth-order valence-electron chi connectivity index (χ4n) is 3.30. The molecule has 0 aliphatic heterocycles. The summed E-state index contributed by atoms with van der Waals surface area (Å²) < 4.78 is 10.7. The molecule has 6 heteroatoms. The third-order valence-electron chi connectivity index (χ3n) is 4.77. The number of aromatic nitrogens is 2. The van der Waals surface area contributed by atoms with Crippen LogP contribution in [0.3, 0.4) is 0 Å². The van der Waals surface area contributed by atoms with Gasteiger partial charge in [0.2, 0.25) is 0 Å². The Labute approximate surface area is 174 Å². The number of pyridine rings is 2. The van der Waals surface area contributed by atoms with Crippen molar-refractivity contribution in [2.45, 2.75) is 6.92 Å². The number of fused-ring (bicyclic) bond motifs is 1. The first-order valence-electron chi connectivity index (χ1n) is 9.46. The molecule has 6 nitrogen and oxygen atoms in total. The second-order valence-corrected chi connectivity index (χ2v) is 6.76. The number of ether oxygens (including phenoxy) is 2. The average Bonchev–Trinajstić information content (AvgIpc) is 2.77. The Balaban J connectivity index is 1.81. The van der Waals surface area contributed by atoms with Crippen LogP contribution in [-0.2, 0) is 0 Å². The molecule has 150 valence electrons. The monoisotopic (exact) mass is 399 g/mol. The number of hydrogen-bond donors (Lipinski definition) is 1. The van der Waals surface area contributed by atoms with Gasteiger partial charge in [0.15, 0.2) is 11.5 Å². The molecule has 0 bridgehead atoms. The van der Waals surface area contributed by atoms with Crippen LogP contribution in [0.15, 0.2) is 66.7 Å². The maximum absolute atomic E-state index is 13.1. The molecule has 4 rings (SSSR count). The van der Waals surface area contributed by atoms with Crippen molar-refractivity contribution < 1.29 is 14.3 Å². The molecule has 30 heavy (non-hydrogen) atoms. The summed E-state index contributed by atoms with van der Waals surface area (Å²) in [5.74, 6) is 1.49. The van der Waals surface area contributed by atoms with E-state index in [1.54, 1.807) is 26.4 Å². The van der Waals surface area contributed by atoms with E-state index < -0.39 is 0 Å². The summed E-state index contributed by atoms with van der Waals surface area (Å²) in [4.78, 5) is 22.2. The van der Waals surface area contributed by atoms with Crippen molar-refractivity contribution >= 4 is 22.6 Å². The van der Waals surface area contributed by atoms with Crippen LogP contribution in [0.2, 0.25) is 0 Å². The summed E-state index contributed by atoms with van der Waals surface area (Å²) in [5.41, 5.74) is 3.57. The fraction of sp³-hybridized carbons (Fsp3) is 0.125. The van der Waals surface area contributed by atoms with Crippen molar-refractivity contribution in [3.05, 3.63) is 78.0 Å². The number of anilines is 1. The maximum atomic E-state index is 13.1.